The summed E-state index contributed by atoms with van der Waals surface area (Å²) in [5.74, 6) is 0.201. The summed E-state index contributed by atoms with van der Waals surface area (Å²) in [6.45, 7) is 0. The van der Waals surface area contributed by atoms with E-state index in [1.807, 2.05) is 0 Å². The minimum absolute atomic E-state index is 0.0799. The van der Waals surface area contributed by atoms with Crippen molar-refractivity contribution in [3.05, 3.63) is 46.5 Å². The molecule has 1 aromatic carbocycles. The second-order valence-electron chi connectivity index (χ2n) is 3.52. The fourth-order valence-electron chi connectivity index (χ4n) is 1.40. The lowest BCUT2D eigenvalue weighted by atomic mass is 10.2. The molecule has 1 N–H and O–H groups in total. The number of rotatable bonds is 3. The Bertz CT molecular complexity index is 599. The number of benzene rings is 1. The highest BCUT2D eigenvalue weighted by Gasteiger charge is 2.13. The molecule has 0 unspecified atom stereocenters. The third kappa shape index (κ3) is 3.13. The fraction of sp³-hybridized carbons (Fsp3) is 0.0833. The second-order valence-corrected chi connectivity index (χ2v) is 4.23. The lowest BCUT2D eigenvalue weighted by Gasteiger charge is -2.08. The number of aromatic nitrogens is 2. The highest BCUT2D eigenvalue weighted by Crippen LogP contribution is 2.26. The van der Waals surface area contributed by atoms with E-state index >= 15 is 0 Å². The number of amides is 1. The normalized spacial score (nSPS) is 10.1. The highest BCUT2D eigenvalue weighted by atomic mass is 35.5. The van der Waals surface area contributed by atoms with Gasteiger partial charge in [-0.1, -0.05) is 29.3 Å². The van der Waals surface area contributed by atoms with Gasteiger partial charge in [-0.3, -0.25) is 4.79 Å². The standard InChI is InChI=1S/C12H9Cl2N3O2/c1-19-8-4-2-3-7(5-8)12(18)17-9-10(13)15-6-16-11(9)14/h2-6H,1H3,(H,17,18). The molecule has 19 heavy (non-hydrogen) atoms. The lowest BCUT2D eigenvalue weighted by molar-refractivity contribution is 0.102. The van der Waals surface area contributed by atoms with Crippen LogP contribution in [0.4, 0.5) is 5.69 Å². The Hall–Kier alpha value is -1.85. The van der Waals surface area contributed by atoms with Gasteiger partial charge in [-0.25, -0.2) is 9.97 Å². The maximum Gasteiger partial charge on any atom is 0.255 e. The largest absolute Gasteiger partial charge is 0.497 e. The molecule has 2 aromatic rings. The van der Waals surface area contributed by atoms with Gasteiger partial charge in [0.25, 0.3) is 5.91 Å². The van der Waals surface area contributed by atoms with Crippen LogP contribution < -0.4 is 10.1 Å². The Morgan fingerprint density at radius 3 is 2.58 bits per heavy atom. The van der Waals surface area contributed by atoms with Crippen LogP contribution in [0.25, 0.3) is 0 Å². The molecule has 0 aliphatic carbocycles. The van der Waals surface area contributed by atoms with Gasteiger partial charge in [0.1, 0.15) is 17.8 Å². The lowest BCUT2D eigenvalue weighted by Crippen LogP contribution is -2.13. The van der Waals surface area contributed by atoms with Crippen LogP contribution in [-0.2, 0) is 0 Å². The number of nitrogens with one attached hydrogen (secondary N) is 1. The Morgan fingerprint density at radius 1 is 1.26 bits per heavy atom. The summed E-state index contributed by atoms with van der Waals surface area (Å²) in [5, 5.41) is 2.72. The van der Waals surface area contributed by atoms with Crippen molar-refractivity contribution in [2.24, 2.45) is 0 Å². The molecule has 0 aliphatic heterocycles. The van der Waals surface area contributed by atoms with Crippen molar-refractivity contribution in [1.29, 1.82) is 0 Å². The van der Waals surface area contributed by atoms with E-state index in [9.17, 15) is 4.79 Å². The molecular weight excluding hydrogens is 289 g/mol. The molecule has 0 saturated heterocycles. The van der Waals surface area contributed by atoms with E-state index in [1.54, 1.807) is 24.3 Å². The Labute approximate surface area is 119 Å². The van der Waals surface area contributed by atoms with Gasteiger partial charge in [0.2, 0.25) is 0 Å². The smallest absolute Gasteiger partial charge is 0.255 e. The summed E-state index contributed by atoms with van der Waals surface area (Å²) >= 11 is 11.7. The van der Waals surface area contributed by atoms with Crippen LogP contribution in [0.15, 0.2) is 30.6 Å². The predicted molar refractivity (Wildman–Crippen MR) is 73.0 cm³/mol. The van der Waals surface area contributed by atoms with Crippen LogP contribution in [0.2, 0.25) is 10.3 Å². The fourth-order valence-corrected chi connectivity index (χ4v) is 1.81. The van der Waals surface area contributed by atoms with Gasteiger partial charge in [0, 0.05) is 5.56 Å². The minimum atomic E-state index is -0.377. The van der Waals surface area contributed by atoms with E-state index in [1.165, 1.54) is 13.4 Å². The first-order valence-electron chi connectivity index (χ1n) is 5.23. The Balaban J connectivity index is 2.25. The van der Waals surface area contributed by atoms with Crippen molar-refractivity contribution in [3.63, 3.8) is 0 Å². The molecule has 0 fully saturated rings. The molecule has 1 aromatic heterocycles. The SMILES string of the molecule is COc1cccc(C(=O)Nc2c(Cl)ncnc2Cl)c1. The van der Waals surface area contributed by atoms with Crippen molar-refractivity contribution in [2.45, 2.75) is 0 Å². The van der Waals surface area contributed by atoms with Gasteiger partial charge in [-0.2, -0.15) is 0 Å². The number of methoxy groups -OCH3 is 1. The summed E-state index contributed by atoms with van der Waals surface area (Å²) in [6.07, 6.45) is 1.21. The molecule has 0 radical (unpaired) electrons. The average Bonchev–Trinajstić information content (AvgIpc) is 2.43. The molecule has 0 aliphatic rings. The van der Waals surface area contributed by atoms with Gasteiger partial charge < -0.3 is 10.1 Å². The molecule has 0 bridgehead atoms. The number of halogens is 2. The Kier molecular flexibility index (Phi) is 4.19. The van der Waals surface area contributed by atoms with Crippen molar-refractivity contribution >= 4 is 34.8 Å². The van der Waals surface area contributed by atoms with Crippen LogP contribution in [0.3, 0.4) is 0 Å². The summed E-state index contributed by atoms with van der Waals surface area (Å²) in [5.41, 5.74) is 0.592. The number of nitrogens with zero attached hydrogens (tertiary/aromatic N) is 2. The predicted octanol–water partition coefficient (Wildman–Crippen LogP) is 3.04. The van der Waals surface area contributed by atoms with E-state index in [0.717, 1.165) is 0 Å². The number of hydrogen-bond donors (Lipinski definition) is 1. The van der Waals surface area contributed by atoms with Crippen LogP contribution in [-0.4, -0.2) is 23.0 Å². The zero-order valence-electron chi connectivity index (χ0n) is 9.85. The van der Waals surface area contributed by atoms with Crippen LogP contribution >= 0.6 is 23.2 Å². The molecule has 0 atom stereocenters. The molecule has 0 saturated carbocycles. The highest BCUT2D eigenvalue weighted by molar-refractivity contribution is 6.38. The van der Waals surface area contributed by atoms with Crippen molar-refractivity contribution in [3.8, 4) is 5.75 Å². The second kappa shape index (κ2) is 5.86. The zero-order valence-corrected chi connectivity index (χ0v) is 11.4. The number of carbonyl (C=O) groups is 1. The van der Waals surface area contributed by atoms with Crippen molar-refractivity contribution in [2.75, 3.05) is 12.4 Å². The maximum absolute atomic E-state index is 12.0. The molecule has 98 valence electrons. The third-order valence-electron chi connectivity index (χ3n) is 2.33. The molecule has 7 heteroatoms. The summed E-state index contributed by atoms with van der Waals surface area (Å²) < 4.78 is 5.05. The maximum atomic E-state index is 12.0. The quantitative estimate of drug-likeness (QED) is 0.885. The first kappa shape index (κ1) is 13.6. The van der Waals surface area contributed by atoms with Gasteiger partial charge >= 0.3 is 0 Å². The number of anilines is 1. The summed E-state index contributed by atoms with van der Waals surface area (Å²) in [4.78, 5) is 19.5. The number of ether oxygens (including phenoxy) is 1. The van der Waals surface area contributed by atoms with Crippen LogP contribution in [0.1, 0.15) is 10.4 Å². The van der Waals surface area contributed by atoms with Crippen molar-refractivity contribution in [1.82, 2.24) is 9.97 Å². The topological polar surface area (TPSA) is 64.1 Å². The minimum Gasteiger partial charge on any atom is -0.497 e. The Morgan fingerprint density at radius 2 is 1.95 bits per heavy atom. The summed E-state index contributed by atoms with van der Waals surface area (Å²) in [6, 6.07) is 6.69. The van der Waals surface area contributed by atoms with Gasteiger partial charge in [0.05, 0.1) is 7.11 Å². The third-order valence-corrected chi connectivity index (χ3v) is 2.90. The van der Waals surface area contributed by atoms with Gasteiger partial charge in [-0.15, -0.1) is 0 Å². The van der Waals surface area contributed by atoms with E-state index in [-0.39, 0.29) is 21.9 Å². The summed E-state index contributed by atoms with van der Waals surface area (Å²) in [7, 11) is 1.52. The van der Waals surface area contributed by atoms with Crippen molar-refractivity contribution < 1.29 is 9.53 Å². The molecular formula is C12H9Cl2N3O2. The monoisotopic (exact) mass is 297 g/mol. The first-order chi connectivity index (χ1) is 9.11. The number of hydrogen-bond acceptors (Lipinski definition) is 4. The van der Waals surface area contributed by atoms with Crippen LogP contribution in [0.5, 0.6) is 5.75 Å². The molecule has 5 nitrogen and oxygen atoms in total. The van der Waals surface area contributed by atoms with Gasteiger partial charge in [-0.05, 0) is 18.2 Å². The molecule has 2 rings (SSSR count). The molecule has 0 spiro atoms. The van der Waals surface area contributed by atoms with E-state index in [2.05, 4.69) is 15.3 Å². The van der Waals surface area contributed by atoms with E-state index in [4.69, 9.17) is 27.9 Å². The number of carbonyl (C=O) groups excluding carboxylic acids is 1. The van der Waals surface area contributed by atoms with Gasteiger partial charge in [0.15, 0.2) is 10.3 Å². The molecule has 1 amide bonds. The van der Waals surface area contributed by atoms with E-state index in [0.29, 0.717) is 11.3 Å². The first-order valence-corrected chi connectivity index (χ1v) is 5.99. The van der Waals surface area contributed by atoms with E-state index < -0.39 is 0 Å². The van der Waals surface area contributed by atoms with Crippen LogP contribution in [0, 0.1) is 0 Å². The zero-order chi connectivity index (χ0) is 13.8. The average molecular weight is 298 g/mol. The molecule has 1 heterocycles.